The van der Waals surface area contributed by atoms with Crippen molar-refractivity contribution in [3.05, 3.63) is 0 Å². The first-order chi connectivity index (χ1) is 7.69. The fourth-order valence-corrected chi connectivity index (χ4v) is 2.72. The van der Waals surface area contributed by atoms with E-state index in [1.165, 1.54) is 25.7 Å². The Morgan fingerprint density at radius 3 is 2.31 bits per heavy atom. The van der Waals surface area contributed by atoms with Gasteiger partial charge in [0.25, 0.3) is 0 Å². The smallest absolute Gasteiger partial charge is 0.169 e. The highest BCUT2D eigenvalue weighted by atomic mass is 16.7. The molecule has 2 atom stereocenters. The van der Waals surface area contributed by atoms with Crippen LogP contribution in [-0.4, -0.2) is 33.1 Å². The zero-order valence-corrected chi connectivity index (χ0v) is 11.2. The molecule has 1 saturated carbocycles. The summed E-state index contributed by atoms with van der Waals surface area (Å²) in [4.78, 5) is 0. The molecule has 0 aromatic heterocycles. The van der Waals surface area contributed by atoms with E-state index < -0.39 is 0 Å². The summed E-state index contributed by atoms with van der Waals surface area (Å²) >= 11 is 0. The van der Waals surface area contributed by atoms with Crippen LogP contribution in [0.1, 0.15) is 39.5 Å². The van der Waals surface area contributed by atoms with Gasteiger partial charge in [-0.15, -0.1) is 0 Å². The van der Waals surface area contributed by atoms with E-state index in [0.717, 1.165) is 18.4 Å². The molecule has 0 aromatic rings. The molecule has 1 N–H and O–H groups in total. The maximum atomic E-state index is 5.20. The fraction of sp³-hybridized carbons (Fsp3) is 1.00. The highest BCUT2D eigenvalue weighted by Gasteiger charge is 2.27. The van der Waals surface area contributed by atoms with Crippen LogP contribution in [0, 0.1) is 11.8 Å². The average Bonchev–Trinajstić information content (AvgIpc) is 2.30. The lowest BCUT2D eigenvalue weighted by Gasteiger charge is -2.35. The molecule has 0 aromatic carbocycles. The van der Waals surface area contributed by atoms with Crippen LogP contribution in [0.15, 0.2) is 0 Å². The highest BCUT2D eigenvalue weighted by molar-refractivity contribution is 4.83. The number of ether oxygens (including phenoxy) is 2. The Morgan fingerprint density at radius 1 is 1.12 bits per heavy atom. The van der Waals surface area contributed by atoms with Crippen molar-refractivity contribution in [1.82, 2.24) is 5.32 Å². The average molecular weight is 229 g/mol. The minimum Gasteiger partial charge on any atom is -0.355 e. The molecule has 16 heavy (non-hydrogen) atoms. The summed E-state index contributed by atoms with van der Waals surface area (Å²) in [6.45, 7) is 5.45. The monoisotopic (exact) mass is 229 g/mol. The van der Waals surface area contributed by atoms with E-state index in [4.69, 9.17) is 9.47 Å². The van der Waals surface area contributed by atoms with Crippen LogP contribution >= 0.6 is 0 Å². The summed E-state index contributed by atoms with van der Waals surface area (Å²) < 4.78 is 10.4. The molecule has 2 unspecified atom stereocenters. The van der Waals surface area contributed by atoms with E-state index >= 15 is 0 Å². The molecular weight excluding hydrogens is 202 g/mol. The quantitative estimate of drug-likeness (QED) is 0.710. The molecule has 0 spiro atoms. The predicted octanol–water partition coefficient (Wildman–Crippen LogP) is 2.41. The Morgan fingerprint density at radius 2 is 1.75 bits per heavy atom. The fourth-order valence-electron chi connectivity index (χ4n) is 2.72. The van der Waals surface area contributed by atoms with Crippen molar-refractivity contribution in [2.75, 3.05) is 20.8 Å². The van der Waals surface area contributed by atoms with Crippen LogP contribution in [0.2, 0.25) is 0 Å². The normalized spacial score (nSPS) is 26.6. The number of rotatable bonds is 6. The van der Waals surface area contributed by atoms with Gasteiger partial charge in [-0.05, 0) is 24.7 Å². The van der Waals surface area contributed by atoms with Crippen molar-refractivity contribution >= 4 is 0 Å². The van der Waals surface area contributed by atoms with Gasteiger partial charge in [-0.25, -0.2) is 0 Å². The standard InChI is InChI=1S/C13H27NO2/c1-10(2)11-7-5-6-8-12(11)14-9-13(15-3)16-4/h10-14H,5-9H2,1-4H3. The second-order valence-electron chi connectivity index (χ2n) is 5.11. The van der Waals surface area contributed by atoms with Gasteiger partial charge in [0, 0.05) is 26.8 Å². The van der Waals surface area contributed by atoms with Crippen molar-refractivity contribution in [2.45, 2.75) is 51.9 Å². The number of hydrogen-bond acceptors (Lipinski definition) is 3. The van der Waals surface area contributed by atoms with Crippen molar-refractivity contribution in [2.24, 2.45) is 11.8 Å². The van der Waals surface area contributed by atoms with Gasteiger partial charge in [-0.2, -0.15) is 0 Å². The zero-order chi connectivity index (χ0) is 12.0. The molecule has 0 amide bonds. The first-order valence-electron chi connectivity index (χ1n) is 6.48. The van der Waals surface area contributed by atoms with Crippen molar-refractivity contribution in [1.29, 1.82) is 0 Å². The molecule has 0 saturated heterocycles. The second kappa shape index (κ2) is 7.25. The Kier molecular flexibility index (Phi) is 6.32. The summed E-state index contributed by atoms with van der Waals surface area (Å²) in [7, 11) is 3.38. The molecule has 0 radical (unpaired) electrons. The van der Waals surface area contributed by atoms with Crippen LogP contribution in [-0.2, 0) is 9.47 Å². The summed E-state index contributed by atoms with van der Waals surface area (Å²) in [6, 6.07) is 0.640. The Hall–Kier alpha value is -0.120. The summed E-state index contributed by atoms with van der Waals surface area (Å²) in [5, 5.41) is 3.60. The summed E-state index contributed by atoms with van der Waals surface area (Å²) in [5.41, 5.74) is 0. The van der Waals surface area contributed by atoms with Crippen LogP contribution in [0.5, 0.6) is 0 Å². The SMILES string of the molecule is COC(CNC1CCCCC1C(C)C)OC. The maximum Gasteiger partial charge on any atom is 0.169 e. The number of methoxy groups -OCH3 is 2. The van der Waals surface area contributed by atoms with Crippen LogP contribution in [0.4, 0.5) is 0 Å². The molecule has 0 aliphatic heterocycles. The van der Waals surface area contributed by atoms with E-state index in [1.54, 1.807) is 14.2 Å². The zero-order valence-electron chi connectivity index (χ0n) is 11.2. The Labute approximate surface area is 99.9 Å². The first-order valence-corrected chi connectivity index (χ1v) is 6.48. The lowest BCUT2D eigenvalue weighted by atomic mass is 9.78. The van der Waals surface area contributed by atoms with Crippen molar-refractivity contribution < 1.29 is 9.47 Å². The lowest BCUT2D eigenvalue weighted by Crippen LogP contribution is -2.44. The van der Waals surface area contributed by atoms with Gasteiger partial charge in [-0.3, -0.25) is 0 Å². The van der Waals surface area contributed by atoms with Gasteiger partial charge in [-0.1, -0.05) is 26.7 Å². The molecule has 3 nitrogen and oxygen atoms in total. The van der Waals surface area contributed by atoms with E-state index in [1.807, 2.05) is 0 Å². The Bertz CT molecular complexity index is 181. The molecule has 1 fully saturated rings. The van der Waals surface area contributed by atoms with Gasteiger partial charge in [0.1, 0.15) is 0 Å². The minimum absolute atomic E-state index is 0.116. The van der Waals surface area contributed by atoms with Gasteiger partial charge < -0.3 is 14.8 Å². The molecule has 1 aliphatic carbocycles. The van der Waals surface area contributed by atoms with Crippen LogP contribution < -0.4 is 5.32 Å². The summed E-state index contributed by atoms with van der Waals surface area (Å²) in [6.07, 6.45) is 5.28. The third-order valence-corrected chi connectivity index (χ3v) is 3.75. The minimum atomic E-state index is -0.116. The molecular formula is C13H27NO2. The largest absolute Gasteiger partial charge is 0.355 e. The van der Waals surface area contributed by atoms with Crippen molar-refractivity contribution in [3.8, 4) is 0 Å². The van der Waals surface area contributed by atoms with Gasteiger partial charge in [0.05, 0.1) is 0 Å². The lowest BCUT2D eigenvalue weighted by molar-refractivity contribution is -0.101. The molecule has 96 valence electrons. The molecule has 1 rings (SSSR count). The van der Waals surface area contributed by atoms with Gasteiger partial charge in [0.2, 0.25) is 0 Å². The second-order valence-corrected chi connectivity index (χ2v) is 5.11. The molecule has 0 heterocycles. The van der Waals surface area contributed by atoms with Gasteiger partial charge >= 0.3 is 0 Å². The molecule has 3 heteroatoms. The third-order valence-electron chi connectivity index (χ3n) is 3.75. The van der Waals surface area contributed by atoms with E-state index in [-0.39, 0.29) is 6.29 Å². The van der Waals surface area contributed by atoms with Crippen molar-refractivity contribution in [3.63, 3.8) is 0 Å². The van der Waals surface area contributed by atoms with Gasteiger partial charge in [0.15, 0.2) is 6.29 Å². The Balaban J connectivity index is 2.37. The number of hydrogen-bond donors (Lipinski definition) is 1. The summed E-state index contributed by atoms with van der Waals surface area (Å²) in [5.74, 6) is 1.57. The van der Waals surface area contributed by atoms with Crippen LogP contribution in [0.3, 0.4) is 0 Å². The highest BCUT2D eigenvalue weighted by Crippen LogP contribution is 2.30. The van der Waals surface area contributed by atoms with Crippen LogP contribution in [0.25, 0.3) is 0 Å². The topological polar surface area (TPSA) is 30.5 Å². The van der Waals surface area contributed by atoms with E-state index in [9.17, 15) is 0 Å². The van der Waals surface area contributed by atoms with E-state index in [2.05, 4.69) is 19.2 Å². The molecule has 0 bridgehead atoms. The third kappa shape index (κ3) is 4.04. The molecule has 1 aliphatic rings. The maximum absolute atomic E-state index is 5.20. The van der Waals surface area contributed by atoms with E-state index in [0.29, 0.717) is 6.04 Å². The predicted molar refractivity (Wildman–Crippen MR) is 66.4 cm³/mol. The first kappa shape index (κ1) is 13.9. The number of nitrogens with one attached hydrogen (secondary N) is 1.